The third kappa shape index (κ3) is 4.13. The quantitative estimate of drug-likeness (QED) is 0.688. The molecule has 0 aliphatic carbocycles. The van der Waals surface area contributed by atoms with Gasteiger partial charge in [-0.2, -0.15) is 17.0 Å². The molecule has 4 heteroatoms. The zero-order valence-corrected chi connectivity index (χ0v) is 10.1. The van der Waals surface area contributed by atoms with E-state index in [9.17, 15) is 4.79 Å². The Morgan fingerprint density at radius 2 is 2.20 bits per heavy atom. The number of nitrogens with zero attached hydrogens (tertiary/aromatic N) is 2. The van der Waals surface area contributed by atoms with Gasteiger partial charge in [0.05, 0.1) is 6.07 Å². The van der Waals surface area contributed by atoms with Crippen LogP contribution in [0.25, 0.3) is 0 Å². The van der Waals surface area contributed by atoms with E-state index in [0.717, 1.165) is 12.8 Å². The first kappa shape index (κ1) is 12.4. The van der Waals surface area contributed by atoms with Crippen LogP contribution in [0, 0.1) is 17.2 Å². The molecule has 84 valence electrons. The molecule has 0 aromatic rings. The summed E-state index contributed by atoms with van der Waals surface area (Å²) in [6.45, 7) is 2.80. The van der Waals surface area contributed by atoms with E-state index < -0.39 is 0 Å². The Morgan fingerprint density at radius 3 is 2.73 bits per heavy atom. The van der Waals surface area contributed by atoms with Crippen LogP contribution in [0.1, 0.15) is 26.2 Å². The molecule has 0 spiro atoms. The van der Waals surface area contributed by atoms with Gasteiger partial charge >= 0.3 is 0 Å². The summed E-state index contributed by atoms with van der Waals surface area (Å²) < 4.78 is 0. The summed E-state index contributed by atoms with van der Waals surface area (Å²) in [5.41, 5.74) is 0. The van der Waals surface area contributed by atoms with Crippen molar-refractivity contribution in [3.63, 3.8) is 0 Å². The molecule has 0 saturated carbocycles. The molecule has 0 unspecified atom stereocenters. The topological polar surface area (TPSA) is 44.1 Å². The van der Waals surface area contributed by atoms with Gasteiger partial charge in [-0.15, -0.1) is 0 Å². The average Bonchev–Trinajstić information content (AvgIpc) is 2.27. The molecule has 0 radical (unpaired) electrons. The second-order valence-electron chi connectivity index (χ2n) is 3.83. The van der Waals surface area contributed by atoms with Crippen LogP contribution in [0.5, 0.6) is 0 Å². The first-order chi connectivity index (χ1) is 7.27. The first-order valence-corrected chi connectivity index (χ1v) is 6.65. The maximum atomic E-state index is 11.8. The maximum Gasteiger partial charge on any atom is 0.223 e. The minimum Gasteiger partial charge on any atom is -0.330 e. The summed E-state index contributed by atoms with van der Waals surface area (Å²) in [7, 11) is 0. The van der Waals surface area contributed by atoms with E-state index >= 15 is 0 Å². The Bertz CT molecular complexity index is 243. The van der Waals surface area contributed by atoms with Crippen LogP contribution in [-0.2, 0) is 4.79 Å². The zero-order chi connectivity index (χ0) is 11.1. The highest BCUT2D eigenvalue weighted by Crippen LogP contribution is 2.25. The molecule has 1 aliphatic rings. The van der Waals surface area contributed by atoms with Gasteiger partial charge in [-0.1, -0.05) is 0 Å². The van der Waals surface area contributed by atoms with Crippen molar-refractivity contribution in [3.05, 3.63) is 0 Å². The van der Waals surface area contributed by atoms with Crippen molar-refractivity contribution in [1.82, 2.24) is 4.90 Å². The predicted octanol–water partition coefficient (Wildman–Crippen LogP) is 1.89. The van der Waals surface area contributed by atoms with Crippen molar-refractivity contribution < 1.29 is 4.79 Å². The van der Waals surface area contributed by atoms with Gasteiger partial charge in [0, 0.05) is 13.0 Å². The van der Waals surface area contributed by atoms with E-state index in [0.29, 0.717) is 18.9 Å². The minimum atomic E-state index is 0.149. The number of carbonyl (C=O) groups excluding carboxylic acids is 1. The summed E-state index contributed by atoms with van der Waals surface area (Å²) in [6, 6.07) is 2.04. The van der Waals surface area contributed by atoms with Gasteiger partial charge in [0.2, 0.25) is 5.91 Å². The van der Waals surface area contributed by atoms with Crippen molar-refractivity contribution in [2.75, 3.05) is 24.6 Å². The number of amides is 1. The lowest BCUT2D eigenvalue weighted by atomic mass is 9.98. The van der Waals surface area contributed by atoms with Gasteiger partial charge in [0.1, 0.15) is 6.54 Å². The number of nitriles is 1. The second kappa shape index (κ2) is 6.73. The standard InChI is InChI=1S/C11H18N2OS/c1-2-13(6-5-12)11(14)9-10-3-7-15-8-4-10/h10H,2-4,6-9H2,1H3. The minimum absolute atomic E-state index is 0.149. The average molecular weight is 226 g/mol. The predicted molar refractivity (Wildman–Crippen MR) is 62.5 cm³/mol. The van der Waals surface area contributed by atoms with E-state index in [1.165, 1.54) is 11.5 Å². The highest BCUT2D eigenvalue weighted by Gasteiger charge is 2.20. The van der Waals surface area contributed by atoms with Crippen molar-refractivity contribution in [3.8, 4) is 6.07 Å². The maximum absolute atomic E-state index is 11.8. The Kier molecular flexibility index (Phi) is 5.56. The van der Waals surface area contributed by atoms with E-state index in [1.807, 2.05) is 24.8 Å². The highest BCUT2D eigenvalue weighted by molar-refractivity contribution is 7.99. The lowest BCUT2D eigenvalue weighted by molar-refractivity contribution is -0.131. The lowest BCUT2D eigenvalue weighted by Gasteiger charge is -2.24. The van der Waals surface area contributed by atoms with Crippen LogP contribution in [0.2, 0.25) is 0 Å². The Hall–Kier alpha value is -0.690. The first-order valence-electron chi connectivity index (χ1n) is 5.50. The monoisotopic (exact) mass is 226 g/mol. The number of hydrogen-bond donors (Lipinski definition) is 0. The summed E-state index contributed by atoms with van der Waals surface area (Å²) in [4.78, 5) is 13.4. The molecule has 1 saturated heterocycles. The van der Waals surface area contributed by atoms with E-state index in [1.54, 1.807) is 4.90 Å². The summed E-state index contributed by atoms with van der Waals surface area (Å²) in [6.07, 6.45) is 2.94. The molecule has 0 aromatic carbocycles. The number of thioether (sulfide) groups is 1. The molecule has 15 heavy (non-hydrogen) atoms. The zero-order valence-electron chi connectivity index (χ0n) is 9.24. The SMILES string of the molecule is CCN(CC#N)C(=O)CC1CCSCC1. The van der Waals surface area contributed by atoms with Crippen LogP contribution in [0.3, 0.4) is 0 Å². The fraction of sp³-hybridized carbons (Fsp3) is 0.818. The molecule has 0 atom stereocenters. The Labute approximate surface area is 95.8 Å². The van der Waals surface area contributed by atoms with E-state index in [2.05, 4.69) is 0 Å². The molecule has 1 amide bonds. The van der Waals surface area contributed by atoms with Crippen LogP contribution >= 0.6 is 11.8 Å². The highest BCUT2D eigenvalue weighted by atomic mass is 32.2. The Balaban J connectivity index is 2.35. The number of rotatable bonds is 4. The van der Waals surface area contributed by atoms with Gasteiger partial charge in [0.15, 0.2) is 0 Å². The number of carbonyl (C=O) groups is 1. The van der Waals surface area contributed by atoms with Crippen LogP contribution in [0.4, 0.5) is 0 Å². The van der Waals surface area contributed by atoms with Crippen LogP contribution in [0.15, 0.2) is 0 Å². The van der Waals surface area contributed by atoms with Crippen molar-refractivity contribution in [1.29, 1.82) is 5.26 Å². The summed E-state index contributed by atoms with van der Waals surface area (Å²) in [5, 5.41) is 8.58. The van der Waals surface area contributed by atoms with Gasteiger partial charge in [0.25, 0.3) is 0 Å². The summed E-state index contributed by atoms with van der Waals surface area (Å²) in [5.74, 6) is 3.06. The smallest absolute Gasteiger partial charge is 0.223 e. The molecule has 0 bridgehead atoms. The number of hydrogen-bond acceptors (Lipinski definition) is 3. The van der Waals surface area contributed by atoms with Crippen LogP contribution < -0.4 is 0 Å². The third-order valence-corrected chi connectivity index (χ3v) is 3.85. The molecule has 0 N–H and O–H groups in total. The normalized spacial score (nSPS) is 17.1. The molecular formula is C11H18N2OS. The third-order valence-electron chi connectivity index (χ3n) is 2.80. The van der Waals surface area contributed by atoms with Gasteiger partial charge in [-0.3, -0.25) is 4.79 Å². The molecule has 0 aromatic heterocycles. The van der Waals surface area contributed by atoms with Crippen molar-refractivity contribution in [2.24, 2.45) is 5.92 Å². The largest absolute Gasteiger partial charge is 0.330 e. The van der Waals surface area contributed by atoms with Crippen molar-refractivity contribution in [2.45, 2.75) is 26.2 Å². The second-order valence-corrected chi connectivity index (χ2v) is 5.05. The van der Waals surface area contributed by atoms with E-state index in [-0.39, 0.29) is 12.5 Å². The van der Waals surface area contributed by atoms with Gasteiger partial charge in [-0.05, 0) is 37.2 Å². The van der Waals surface area contributed by atoms with Gasteiger partial charge < -0.3 is 4.90 Å². The van der Waals surface area contributed by atoms with E-state index in [4.69, 9.17) is 5.26 Å². The molecular weight excluding hydrogens is 208 g/mol. The summed E-state index contributed by atoms with van der Waals surface area (Å²) >= 11 is 1.97. The molecule has 1 rings (SSSR count). The Morgan fingerprint density at radius 1 is 1.53 bits per heavy atom. The van der Waals surface area contributed by atoms with Gasteiger partial charge in [-0.25, -0.2) is 0 Å². The molecule has 1 heterocycles. The fourth-order valence-electron chi connectivity index (χ4n) is 1.79. The van der Waals surface area contributed by atoms with Crippen molar-refractivity contribution >= 4 is 17.7 Å². The molecule has 1 aliphatic heterocycles. The molecule has 3 nitrogen and oxygen atoms in total. The van der Waals surface area contributed by atoms with Crippen LogP contribution in [-0.4, -0.2) is 35.4 Å². The molecule has 1 fully saturated rings. The lowest BCUT2D eigenvalue weighted by Crippen LogP contribution is -2.33. The fourth-order valence-corrected chi connectivity index (χ4v) is 2.99.